The standard InChI is InChI=1S/C14H19N5/c1-19(10-6-14(7-10)4-9(15)5-14)13-11-2-3-16-12(11)17-8-18-13/h2-3,8-10H,4-7,15H2,1H3,(H,16,17,18). The topological polar surface area (TPSA) is 70.8 Å². The van der Waals surface area contributed by atoms with Crippen molar-refractivity contribution in [2.24, 2.45) is 11.1 Å². The molecular formula is C14H19N5. The molecule has 0 atom stereocenters. The number of anilines is 1. The van der Waals surface area contributed by atoms with Gasteiger partial charge in [0.15, 0.2) is 0 Å². The fourth-order valence-corrected chi connectivity index (χ4v) is 3.91. The number of H-pyrrole nitrogens is 1. The number of nitrogens with one attached hydrogen (secondary N) is 1. The molecule has 0 bridgehead atoms. The molecule has 0 amide bonds. The predicted octanol–water partition coefficient (Wildman–Crippen LogP) is 1.66. The van der Waals surface area contributed by atoms with Gasteiger partial charge in [-0.3, -0.25) is 0 Å². The Bertz CT molecular complexity index is 605. The van der Waals surface area contributed by atoms with E-state index < -0.39 is 0 Å². The first kappa shape index (κ1) is 11.2. The molecule has 0 saturated heterocycles. The van der Waals surface area contributed by atoms with E-state index in [0.29, 0.717) is 17.5 Å². The summed E-state index contributed by atoms with van der Waals surface area (Å²) in [6.45, 7) is 0. The quantitative estimate of drug-likeness (QED) is 0.858. The largest absolute Gasteiger partial charge is 0.356 e. The van der Waals surface area contributed by atoms with Gasteiger partial charge in [0.05, 0.1) is 5.39 Å². The maximum Gasteiger partial charge on any atom is 0.142 e. The molecule has 2 heterocycles. The number of fused-ring (bicyclic) bond motifs is 1. The molecule has 2 saturated carbocycles. The van der Waals surface area contributed by atoms with E-state index in [-0.39, 0.29) is 0 Å². The summed E-state index contributed by atoms with van der Waals surface area (Å²) >= 11 is 0. The van der Waals surface area contributed by atoms with Gasteiger partial charge in [-0.2, -0.15) is 0 Å². The van der Waals surface area contributed by atoms with Gasteiger partial charge < -0.3 is 15.6 Å². The Morgan fingerprint density at radius 2 is 2.11 bits per heavy atom. The van der Waals surface area contributed by atoms with Gasteiger partial charge in [0.1, 0.15) is 17.8 Å². The third-order valence-electron chi connectivity index (χ3n) is 4.94. The Hall–Kier alpha value is -1.62. The fourth-order valence-electron chi connectivity index (χ4n) is 3.91. The summed E-state index contributed by atoms with van der Waals surface area (Å²) in [5, 5.41) is 1.11. The molecule has 0 unspecified atom stereocenters. The molecule has 1 spiro atoms. The molecule has 2 aromatic rings. The minimum atomic E-state index is 0.446. The van der Waals surface area contributed by atoms with Crippen LogP contribution < -0.4 is 10.6 Å². The van der Waals surface area contributed by atoms with Crippen molar-refractivity contribution < 1.29 is 0 Å². The first-order valence-electron chi connectivity index (χ1n) is 6.93. The number of hydrogen-bond donors (Lipinski definition) is 2. The van der Waals surface area contributed by atoms with E-state index in [1.807, 2.05) is 6.20 Å². The Balaban J connectivity index is 1.55. The number of nitrogens with two attached hydrogens (primary N) is 1. The second-order valence-corrected chi connectivity index (χ2v) is 6.28. The number of aromatic amines is 1. The average molecular weight is 257 g/mol. The molecule has 5 nitrogen and oxygen atoms in total. The summed E-state index contributed by atoms with van der Waals surface area (Å²) in [4.78, 5) is 14.2. The highest BCUT2D eigenvalue weighted by Gasteiger charge is 2.53. The van der Waals surface area contributed by atoms with Crippen LogP contribution in [-0.4, -0.2) is 34.1 Å². The first-order valence-corrected chi connectivity index (χ1v) is 6.93. The van der Waals surface area contributed by atoms with Crippen LogP contribution in [0.4, 0.5) is 5.82 Å². The van der Waals surface area contributed by atoms with Crippen molar-refractivity contribution in [2.75, 3.05) is 11.9 Å². The zero-order valence-corrected chi connectivity index (χ0v) is 11.1. The summed E-state index contributed by atoms with van der Waals surface area (Å²) < 4.78 is 0. The molecule has 19 heavy (non-hydrogen) atoms. The van der Waals surface area contributed by atoms with Crippen molar-refractivity contribution in [3.8, 4) is 0 Å². The average Bonchev–Trinajstić information content (AvgIpc) is 2.78. The Kier molecular flexibility index (Phi) is 2.18. The first-order chi connectivity index (χ1) is 9.17. The molecule has 2 aliphatic rings. The Morgan fingerprint density at radius 1 is 1.32 bits per heavy atom. The van der Waals surface area contributed by atoms with Crippen molar-refractivity contribution in [1.82, 2.24) is 15.0 Å². The number of rotatable bonds is 2. The zero-order chi connectivity index (χ0) is 13.0. The lowest BCUT2D eigenvalue weighted by Gasteiger charge is -2.59. The highest BCUT2D eigenvalue weighted by Crippen LogP contribution is 2.56. The highest BCUT2D eigenvalue weighted by molar-refractivity contribution is 5.87. The van der Waals surface area contributed by atoms with Crippen LogP contribution >= 0.6 is 0 Å². The van der Waals surface area contributed by atoms with E-state index >= 15 is 0 Å². The number of aromatic nitrogens is 3. The van der Waals surface area contributed by atoms with Crippen LogP contribution in [0.2, 0.25) is 0 Å². The van der Waals surface area contributed by atoms with Gasteiger partial charge in [-0.15, -0.1) is 0 Å². The highest BCUT2D eigenvalue weighted by atomic mass is 15.2. The van der Waals surface area contributed by atoms with Crippen molar-refractivity contribution >= 4 is 16.9 Å². The van der Waals surface area contributed by atoms with Crippen molar-refractivity contribution in [3.05, 3.63) is 18.6 Å². The SMILES string of the molecule is CN(c1ncnc2[nH]ccc12)C1CC2(CC(N)C2)C1. The lowest BCUT2D eigenvalue weighted by atomic mass is 9.52. The van der Waals surface area contributed by atoms with E-state index in [1.54, 1.807) is 6.33 Å². The smallest absolute Gasteiger partial charge is 0.142 e. The van der Waals surface area contributed by atoms with Gasteiger partial charge in [0.2, 0.25) is 0 Å². The molecule has 0 aliphatic heterocycles. The maximum atomic E-state index is 5.92. The molecule has 4 rings (SSSR count). The second-order valence-electron chi connectivity index (χ2n) is 6.28. The van der Waals surface area contributed by atoms with Crippen LogP contribution in [-0.2, 0) is 0 Å². The second kappa shape index (κ2) is 3.70. The van der Waals surface area contributed by atoms with Gasteiger partial charge in [-0.25, -0.2) is 9.97 Å². The van der Waals surface area contributed by atoms with Gasteiger partial charge in [-0.1, -0.05) is 0 Å². The van der Waals surface area contributed by atoms with Crippen molar-refractivity contribution in [1.29, 1.82) is 0 Å². The summed E-state index contributed by atoms with van der Waals surface area (Å²) in [7, 11) is 2.14. The minimum Gasteiger partial charge on any atom is -0.356 e. The molecule has 0 aromatic carbocycles. The maximum absolute atomic E-state index is 5.92. The summed E-state index contributed by atoms with van der Waals surface area (Å²) in [5.74, 6) is 1.04. The van der Waals surface area contributed by atoms with Crippen LogP contribution in [0.3, 0.4) is 0 Å². The monoisotopic (exact) mass is 257 g/mol. The van der Waals surface area contributed by atoms with Gasteiger partial charge >= 0.3 is 0 Å². The zero-order valence-electron chi connectivity index (χ0n) is 11.1. The van der Waals surface area contributed by atoms with E-state index in [4.69, 9.17) is 5.73 Å². The lowest BCUT2D eigenvalue weighted by Crippen LogP contribution is -2.59. The van der Waals surface area contributed by atoms with Crippen LogP contribution in [0.25, 0.3) is 11.0 Å². The van der Waals surface area contributed by atoms with Gasteiger partial charge in [0, 0.05) is 25.3 Å². The number of nitrogens with zero attached hydrogens (tertiary/aromatic N) is 3. The van der Waals surface area contributed by atoms with Gasteiger partial charge in [-0.05, 0) is 37.2 Å². The number of hydrogen-bond acceptors (Lipinski definition) is 4. The van der Waals surface area contributed by atoms with Crippen molar-refractivity contribution in [2.45, 2.75) is 37.8 Å². The fraction of sp³-hybridized carbons (Fsp3) is 0.571. The molecule has 3 N–H and O–H groups in total. The minimum absolute atomic E-state index is 0.446. The Morgan fingerprint density at radius 3 is 2.84 bits per heavy atom. The normalized spacial score (nSPS) is 33.2. The third-order valence-corrected chi connectivity index (χ3v) is 4.94. The van der Waals surface area contributed by atoms with Crippen LogP contribution in [0.15, 0.2) is 18.6 Å². The molecule has 0 radical (unpaired) electrons. The van der Waals surface area contributed by atoms with E-state index in [0.717, 1.165) is 16.9 Å². The lowest BCUT2D eigenvalue weighted by molar-refractivity contribution is -0.00682. The van der Waals surface area contributed by atoms with E-state index in [2.05, 4.69) is 33.0 Å². The molecule has 2 fully saturated rings. The van der Waals surface area contributed by atoms with Crippen LogP contribution in [0.5, 0.6) is 0 Å². The molecular weight excluding hydrogens is 238 g/mol. The van der Waals surface area contributed by atoms with Gasteiger partial charge in [0.25, 0.3) is 0 Å². The molecule has 2 aliphatic carbocycles. The van der Waals surface area contributed by atoms with E-state index in [1.165, 1.54) is 25.7 Å². The Labute approximate surface area is 112 Å². The van der Waals surface area contributed by atoms with Crippen LogP contribution in [0.1, 0.15) is 25.7 Å². The summed E-state index contributed by atoms with van der Waals surface area (Å²) in [6.07, 6.45) is 8.49. The molecule has 2 aromatic heterocycles. The summed E-state index contributed by atoms with van der Waals surface area (Å²) in [6, 6.07) is 3.09. The predicted molar refractivity (Wildman–Crippen MR) is 75.0 cm³/mol. The van der Waals surface area contributed by atoms with E-state index in [9.17, 15) is 0 Å². The summed E-state index contributed by atoms with van der Waals surface area (Å²) in [5.41, 5.74) is 7.39. The molecule has 5 heteroatoms. The third kappa shape index (κ3) is 1.57. The molecule has 100 valence electrons. The van der Waals surface area contributed by atoms with Crippen LogP contribution in [0, 0.1) is 5.41 Å². The van der Waals surface area contributed by atoms with Crippen molar-refractivity contribution in [3.63, 3.8) is 0 Å².